The van der Waals surface area contributed by atoms with Gasteiger partial charge in [0.2, 0.25) is 5.91 Å². The molecule has 2 aliphatic rings. The third-order valence-corrected chi connectivity index (χ3v) is 6.13. The van der Waals surface area contributed by atoms with Gasteiger partial charge in [0.15, 0.2) is 0 Å². The van der Waals surface area contributed by atoms with Crippen molar-refractivity contribution < 1.29 is 19.1 Å². The lowest BCUT2D eigenvalue weighted by Gasteiger charge is -2.45. The summed E-state index contributed by atoms with van der Waals surface area (Å²) in [5, 5.41) is 3.06. The molecule has 6 heteroatoms. The highest BCUT2D eigenvalue weighted by Crippen LogP contribution is 2.49. The van der Waals surface area contributed by atoms with E-state index in [9.17, 15) is 9.59 Å². The van der Waals surface area contributed by atoms with Crippen LogP contribution in [0.4, 0.5) is 10.5 Å². The number of rotatable bonds is 5. The number of carbonyl (C=O) groups is 2. The first-order valence-corrected chi connectivity index (χ1v) is 10.4. The Bertz CT molecular complexity index is 926. The summed E-state index contributed by atoms with van der Waals surface area (Å²) in [4.78, 5) is 27.1. The van der Waals surface area contributed by atoms with Crippen LogP contribution in [0.2, 0.25) is 0 Å². The fraction of sp³-hybridized carbons (Fsp3) is 0.417. The van der Waals surface area contributed by atoms with E-state index in [1.807, 2.05) is 53.4 Å². The van der Waals surface area contributed by atoms with Crippen LogP contribution in [-0.4, -0.2) is 25.2 Å². The number of amides is 2. The first kappa shape index (κ1) is 20.3. The fourth-order valence-electron chi connectivity index (χ4n) is 4.56. The van der Waals surface area contributed by atoms with Gasteiger partial charge in [-0.25, -0.2) is 4.79 Å². The molecule has 0 bridgehead atoms. The van der Waals surface area contributed by atoms with Crippen molar-refractivity contribution in [1.29, 1.82) is 0 Å². The van der Waals surface area contributed by atoms with E-state index < -0.39 is 6.09 Å². The van der Waals surface area contributed by atoms with Gasteiger partial charge < -0.3 is 19.7 Å². The highest BCUT2D eigenvalue weighted by molar-refractivity contribution is 5.94. The van der Waals surface area contributed by atoms with Crippen molar-refractivity contribution in [3.05, 3.63) is 59.7 Å². The molecular weight excluding hydrogens is 380 g/mol. The number of benzene rings is 2. The zero-order valence-corrected chi connectivity index (χ0v) is 17.6. The Balaban J connectivity index is 1.60. The minimum atomic E-state index is -0.455. The number of fused-ring (bicyclic) bond motifs is 1. The van der Waals surface area contributed by atoms with E-state index >= 15 is 0 Å². The van der Waals surface area contributed by atoms with E-state index in [4.69, 9.17) is 9.47 Å². The summed E-state index contributed by atoms with van der Waals surface area (Å²) in [5.74, 6) is 1.22. The zero-order chi connectivity index (χ0) is 21.3. The lowest BCUT2D eigenvalue weighted by Crippen LogP contribution is -2.53. The SMILES string of the molecule is COc1ccc2c(c1)N(C(C)=O)[C@@H](C1CC1)[C@H](C)[C@H]2NC(=O)OCc1ccccc1. The molecule has 0 aromatic heterocycles. The summed E-state index contributed by atoms with van der Waals surface area (Å²) in [7, 11) is 1.61. The van der Waals surface area contributed by atoms with Crippen LogP contribution in [0.15, 0.2) is 48.5 Å². The molecule has 0 saturated heterocycles. The van der Waals surface area contributed by atoms with E-state index in [1.54, 1.807) is 14.0 Å². The van der Waals surface area contributed by atoms with Crippen molar-refractivity contribution in [3.8, 4) is 5.75 Å². The van der Waals surface area contributed by atoms with Crippen LogP contribution in [0.3, 0.4) is 0 Å². The third-order valence-electron chi connectivity index (χ3n) is 6.13. The predicted octanol–water partition coefficient (Wildman–Crippen LogP) is 4.44. The molecule has 1 N–H and O–H groups in total. The molecule has 0 spiro atoms. The fourth-order valence-corrected chi connectivity index (χ4v) is 4.56. The molecule has 2 aromatic rings. The molecular formula is C24H28N2O4. The van der Waals surface area contributed by atoms with Crippen LogP contribution in [0, 0.1) is 11.8 Å². The van der Waals surface area contributed by atoms with E-state index in [2.05, 4.69) is 12.2 Å². The Morgan fingerprint density at radius 1 is 1.13 bits per heavy atom. The lowest BCUT2D eigenvalue weighted by atomic mass is 9.80. The molecule has 2 aromatic carbocycles. The van der Waals surface area contributed by atoms with Crippen LogP contribution in [0.1, 0.15) is 43.9 Å². The summed E-state index contributed by atoms with van der Waals surface area (Å²) in [6.45, 7) is 3.93. The number of methoxy groups -OCH3 is 1. The maximum atomic E-state index is 12.6. The second-order valence-corrected chi connectivity index (χ2v) is 8.18. The topological polar surface area (TPSA) is 67.9 Å². The largest absolute Gasteiger partial charge is 0.497 e. The number of carbonyl (C=O) groups excluding carboxylic acids is 2. The smallest absolute Gasteiger partial charge is 0.407 e. The lowest BCUT2D eigenvalue weighted by molar-refractivity contribution is -0.117. The summed E-state index contributed by atoms with van der Waals surface area (Å²) in [6, 6.07) is 15.1. The van der Waals surface area contributed by atoms with Gasteiger partial charge >= 0.3 is 6.09 Å². The molecule has 6 nitrogen and oxygen atoms in total. The number of hydrogen-bond acceptors (Lipinski definition) is 4. The second kappa shape index (κ2) is 8.38. The zero-order valence-electron chi connectivity index (χ0n) is 17.6. The van der Waals surface area contributed by atoms with Crippen molar-refractivity contribution in [2.45, 2.75) is 45.4 Å². The predicted molar refractivity (Wildman–Crippen MR) is 114 cm³/mol. The van der Waals surface area contributed by atoms with Gasteiger partial charge in [0, 0.05) is 24.9 Å². The molecule has 158 valence electrons. The molecule has 1 aliphatic carbocycles. The van der Waals surface area contributed by atoms with Crippen LogP contribution >= 0.6 is 0 Å². The van der Waals surface area contributed by atoms with Crippen molar-refractivity contribution in [3.63, 3.8) is 0 Å². The van der Waals surface area contributed by atoms with Gasteiger partial charge in [0.1, 0.15) is 12.4 Å². The first-order valence-electron chi connectivity index (χ1n) is 10.4. The molecule has 4 rings (SSSR count). The average Bonchev–Trinajstić information content (AvgIpc) is 3.59. The molecule has 0 unspecified atom stereocenters. The van der Waals surface area contributed by atoms with Crippen LogP contribution in [0.25, 0.3) is 0 Å². The monoisotopic (exact) mass is 408 g/mol. The molecule has 1 aliphatic heterocycles. The van der Waals surface area contributed by atoms with Crippen molar-refractivity contribution >= 4 is 17.7 Å². The second-order valence-electron chi connectivity index (χ2n) is 8.18. The number of anilines is 1. The molecule has 1 saturated carbocycles. The van der Waals surface area contributed by atoms with Crippen molar-refractivity contribution in [1.82, 2.24) is 5.32 Å². The quantitative estimate of drug-likeness (QED) is 0.794. The Hall–Kier alpha value is -3.02. The van der Waals surface area contributed by atoms with E-state index in [0.717, 1.165) is 29.7 Å². The van der Waals surface area contributed by atoms with E-state index in [-0.39, 0.29) is 30.5 Å². The summed E-state index contributed by atoms with van der Waals surface area (Å²) in [5.41, 5.74) is 2.66. The van der Waals surface area contributed by atoms with Crippen LogP contribution < -0.4 is 15.0 Å². The number of alkyl carbamates (subject to hydrolysis) is 1. The standard InChI is InChI=1S/C24H28N2O4/c1-15-22(25-24(28)30-14-17-7-5-4-6-8-17)20-12-11-19(29-3)13-21(20)26(16(2)27)23(15)18-9-10-18/h4-8,11-13,15,18,22-23H,9-10,14H2,1-3H3,(H,25,28)/t15-,22-,23-/m1/s1. The molecule has 1 heterocycles. The van der Waals surface area contributed by atoms with Crippen LogP contribution in [0.5, 0.6) is 5.75 Å². The average molecular weight is 408 g/mol. The molecule has 1 fully saturated rings. The maximum absolute atomic E-state index is 12.6. The maximum Gasteiger partial charge on any atom is 0.407 e. The normalized spacial score (nSPS) is 22.8. The Morgan fingerprint density at radius 3 is 2.50 bits per heavy atom. The van der Waals surface area contributed by atoms with Gasteiger partial charge in [-0.05, 0) is 36.0 Å². The number of nitrogens with one attached hydrogen (secondary N) is 1. The molecule has 2 amide bonds. The summed E-state index contributed by atoms with van der Waals surface area (Å²) in [6.07, 6.45) is 1.75. The molecule has 0 radical (unpaired) electrons. The molecule has 3 atom stereocenters. The number of hydrogen-bond donors (Lipinski definition) is 1. The van der Waals surface area contributed by atoms with Crippen molar-refractivity contribution in [2.24, 2.45) is 11.8 Å². The Morgan fingerprint density at radius 2 is 1.87 bits per heavy atom. The number of nitrogens with zero attached hydrogens (tertiary/aromatic N) is 1. The molecule has 30 heavy (non-hydrogen) atoms. The third kappa shape index (κ3) is 3.99. The van der Waals surface area contributed by atoms with Gasteiger partial charge in [-0.15, -0.1) is 0 Å². The van der Waals surface area contributed by atoms with Gasteiger partial charge in [-0.2, -0.15) is 0 Å². The number of ether oxygens (including phenoxy) is 2. The highest BCUT2D eigenvalue weighted by atomic mass is 16.5. The van der Waals surface area contributed by atoms with E-state index in [0.29, 0.717) is 11.7 Å². The van der Waals surface area contributed by atoms with Gasteiger partial charge in [-0.3, -0.25) is 4.79 Å². The van der Waals surface area contributed by atoms with E-state index in [1.165, 1.54) is 0 Å². The van der Waals surface area contributed by atoms with Crippen LogP contribution in [-0.2, 0) is 16.1 Å². The van der Waals surface area contributed by atoms with Gasteiger partial charge in [0.05, 0.1) is 18.8 Å². The highest BCUT2D eigenvalue weighted by Gasteiger charge is 2.48. The summed E-state index contributed by atoms with van der Waals surface area (Å²) < 4.78 is 10.9. The Labute approximate surface area is 177 Å². The minimum absolute atomic E-state index is 0.0124. The Kier molecular flexibility index (Phi) is 5.66. The van der Waals surface area contributed by atoms with Crippen molar-refractivity contribution in [2.75, 3.05) is 12.0 Å². The summed E-state index contributed by atoms with van der Waals surface area (Å²) >= 11 is 0. The first-order chi connectivity index (χ1) is 14.5. The minimum Gasteiger partial charge on any atom is -0.497 e. The van der Waals surface area contributed by atoms with Gasteiger partial charge in [0.25, 0.3) is 0 Å². The van der Waals surface area contributed by atoms with Gasteiger partial charge in [-0.1, -0.05) is 43.3 Å².